The number of benzene rings is 2. The van der Waals surface area contributed by atoms with Crippen LogP contribution < -0.4 is 0 Å². The third kappa shape index (κ3) is 3.08. The molecule has 2 aromatic carbocycles. The van der Waals surface area contributed by atoms with E-state index in [1.807, 2.05) is 48.2 Å². The summed E-state index contributed by atoms with van der Waals surface area (Å²) in [7, 11) is 0. The molecule has 1 aliphatic rings. The number of hydrogen-bond acceptors (Lipinski definition) is 2. The zero-order valence-corrected chi connectivity index (χ0v) is 16.0. The molecular weight excluding hydrogens is 369 g/mol. The molecule has 6 heteroatoms. The molecule has 0 saturated carbocycles. The molecule has 4 nitrogen and oxygen atoms in total. The number of likely N-dealkylation sites (N-methyl/N-ethyl adjacent to an activating group) is 1. The van der Waals surface area contributed by atoms with E-state index >= 15 is 0 Å². The van der Waals surface area contributed by atoms with Crippen molar-refractivity contribution in [3.63, 3.8) is 0 Å². The summed E-state index contributed by atoms with van der Waals surface area (Å²) in [6, 6.07) is 13.8. The summed E-state index contributed by atoms with van der Waals surface area (Å²) in [5.41, 5.74) is 3.07. The van der Waals surface area contributed by atoms with Gasteiger partial charge in [0, 0.05) is 32.0 Å². The smallest absolute Gasteiger partial charge is 0.223 e. The summed E-state index contributed by atoms with van der Waals surface area (Å²) in [6.07, 6.45) is 0.512. The Morgan fingerprint density at radius 2 is 1.96 bits per heavy atom. The molecule has 0 N–H and O–H groups in total. The van der Waals surface area contributed by atoms with Gasteiger partial charge in [-0.05, 0) is 36.8 Å². The molecule has 134 valence electrons. The normalized spacial score (nSPS) is 17.4. The van der Waals surface area contributed by atoms with Gasteiger partial charge in [0.05, 0.1) is 21.1 Å². The topological polar surface area (TPSA) is 38.1 Å². The molecule has 1 atom stereocenters. The number of nitrogens with zero attached hydrogens (tertiary/aromatic N) is 3. The number of imidazole rings is 1. The van der Waals surface area contributed by atoms with Crippen LogP contribution in [0.1, 0.15) is 30.7 Å². The van der Waals surface area contributed by atoms with Crippen molar-refractivity contribution in [3.05, 3.63) is 63.9 Å². The third-order valence-corrected chi connectivity index (χ3v) is 5.71. The quantitative estimate of drug-likeness (QED) is 0.648. The van der Waals surface area contributed by atoms with Crippen molar-refractivity contribution in [2.75, 3.05) is 13.1 Å². The van der Waals surface area contributed by atoms with Crippen molar-refractivity contribution in [2.24, 2.45) is 0 Å². The Bertz CT molecular complexity index is 982. The van der Waals surface area contributed by atoms with Crippen LogP contribution in [0.5, 0.6) is 0 Å². The molecule has 26 heavy (non-hydrogen) atoms. The van der Waals surface area contributed by atoms with Gasteiger partial charge >= 0.3 is 0 Å². The predicted octanol–water partition coefficient (Wildman–Crippen LogP) is 4.73. The molecule has 2 heterocycles. The minimum absolute atomic E-state index is 0.109. The standard InChI is InChI=1S/C20H19Cl2N3O/c1-2-24-12-14(10-19(24)26)20-23-17-5-3-4-6-18(17)25(20)11-13-7-8-15(21)16(22)9-13/h3-9,14H,2,10-12H2,1H3. The lowest BCUT2D eigenvalue weighted by Crippen LogP contribution is -2.24. The Balaban J connectivity index is 1.77. The molecule has 0 aliphatic carbocycles. The maximum atomic E-state index is 12.2. The highest BCUT2D eigenvalue weighted by Gasteiger charge is 2.33. The van der Waals surface area contributed by atoms with Crippen LogP contribution in [-0.4, -0.2) is 33.4 Å². The molecule has 1 fully saturated rings. The van der Waals surface area contributed by atoms with Gasteiger partial charge in [-0.1, -0.05) is 41.4 Å². The van der Waals surface area contributed by atoms with E-state index in [4.69, 9.17) is 28.2 Å². The number of halogens is 2. The number of hydrogen-bond donors (Lipinski definition) is 0. The fraction of sp³-hybridized carbons (Fsp3) is 0.300. The summed E-state index contributed by atoms with van der Waals surface area (Å²) in [5, 5.41) is 1.09. The van der Waals surface area contributed by atoms with Crippen LogP contribution in [0.25, 0.3) is 11.0 Å². The second-order valence-corrected chi connectivity index (χ2v) is 7.44. The maximum absolute atomic E-state index is 12.2. The SMILES string of the molecule is CCN1CC(c2nc3ccccc3n2Cc2ccc(Cl)c(Cl)c2)CC1=O. The average Bonchev–Trinajstić information content (AvgIpc) is 3.19. The fourth-order valence-electron chi connectivity index (χ4n) is 3.64. The number of likely N-dealkylation sites (tertiary alicyclic amines) is 1. The van der Waals surface area contributed by atoms with Crippen molar-refractivity contribution in [3.8, 4) is 0 Å². The fourth-order valence-corrected chi connectivity index (χ4v) is 3.96. The van der Waals surface area contributed by atoms with Gasteiger partial charge in [0.1, 0.15) is 5.82 Å². The molecule has 4 rings (SSSR count). The van der Waals surface area contributed by atoms with E-state index in [0.29, 0.717) is 23.0 Å². The molecule has 1 unspecified atom stereocenters. The first-order valence-corrected chi connectivity index (χ1v) is 9.49. The van der Waals surface area contributed by atoms with Crippen LogP contribution in [0, 0.1) is 0 Å². The van der Waals surface area contributed by atoms with Crippen LogP contribution in [-0.2, 0) is 11.3 Å². The van der Waals surface area contributed by atoms with Gasteiger partial charge in [-0.3, -0.25) is 4.79 Å². The molecule has 1 saturated heterocycles. The number of carbonyl (C=O) groups excluding carboxylic acids is 1. The van der Waals surface area contributed by atoms with E-state index in [0.717, 1.165) is 35.5 Å². The van der Waals surface area contributed by atoms with Crippen molar-refractivity contribution >= 4 is 40.1 Å². The average molecular weight is 388 g/mol. The number of amides is 1. The van der Waals surface area contributed by atoms with E-state index < -0.39 is 0 Å². The molecule has 1 aromatic heterocycles. The molecule has 0 radical (unpaired) electrons. The minimum atomic E-state index is 0.109. The molecule has 3 aromatic rings. The Kier molecular flexibility index (Phi) is 4.63. The highest BCUT2D eigenvalue weighted by Crippen LogP contribution is 2.31. The van der Waals surface area contributed by atoms with Gasteiger partial charge in [0.2, 0.25) is 5.91 Å². The molecule has 1 amide bonds. The zero-order valence-electron chi connectivity index (χ0n) is 14.5. The molecule has 1 aliphatic heterocycles. The van der Waals surface area contributed by atoms with Crippen molar-refractivity contribution in [1.29, 1.82) is 0 Å². The lowest BCUT2D eigenvalue weighted by molar-refractivity contribution is -0.127. The summed E-state index contributed by atoms with van der Waals surface area (Å²) in [5.74, 6) is 1.27. The van der Waals surface area contributed by atoms with Gasteiger partial charge in [0.15, 0.2) is 0 Å². The predicted molar refractivity (Wildman–Crippen MR) is 105 cm³/mol. The van der Waals surface area contributed by atoms with Gasteiger partial charge in [0.25, 0.3) is 0 Å². The monoisotopic (exact) mass is 387 g/mol. The first-order chi connectivity index (χ1) is 12.6. The van der Waals surface area contributed by atoms with E-state index in [1.54, 1.807) is 0 Å². The number of carbonyl (C=O) groups is 1. The number of para-hydroxylation sites is 2. The van der Waals surface area contributed by atoms with E-state index in [2.05, 4.69) is 10.6 Å². The molecule has 0 spiro atoms. The van der Waals surface area contributed by atoms with Gasteiger partial charge in [-0.25, -0.2) is 4.98 Å². The summed E-state index contributed by atoms with van der Waals surface area (Å²) < 4.78 is 2.20. The van der Waals surface area contributed by atoms with Crippen LogP contribution in [0.4, 0.5) is 0 Å². The lowest BCUT2D eigenvalue weighted by Gasteiger charge is -2.15. The summed E-state index contributed by atoms with van der Waals surface area (Å²) in [6.45, 7) is 4.12. The minimum Gasteiger partial charge on any atom is -0.342 e. The van der Waals surface area contributed by atoms with Crippen molar-refractivity contribution in [2.45, 2.75) is 25.8 Å². The van der Waals surface area contributed by atoms with Crippen LogP contribution in [0.3, 0.4) is 0 Å². The number of fused-ring (bicyclic) bond motifs is 1. The third-order valence-electron chi connectivity index (χ3n) is 4.97. The Labute approximate surface area is 162 Å². The Morgan fingerprint density at radius 3 is 2.69 bits per heavy atom. The van der Waals surface area contributed by atoms with Crippen molar-refractivity contribution in [1.82, 2.24) is 14.5 Å². The summed E-state index contributed by atoms with van der Waals surface area (Å²) in [4.78, 5) is 19.0. The van der Waals surface area contributed by atoms with E-state index in [-0.39, 0.29) is 11.8 Å². The second kappa shape index (κ2) is 6.93. The highest BCUT2D eigenvalue weighted by molar-refractivity contribution is 6.42. The van der Waals surface area contributed by atoms with Crippen LogP contribution >= 0.6 is 23.2 Å². The van der Waals surface area contributed by atoms with Gasteiger partial charge in [-0.15, -0.1) is 0 Å². The van der Waals surface area contributed by atoms with Crippen molar-refractivity contribution < 1.29 is 4.79 Å². The maximum Gasteiger partial charge on any atom is 0.223 e. The van der Waals surface area contributed by atoms with Crippen LogP contribution in [0.15, 0.2) is 42.5 Å². The molecule has 0 bridgehead atoms. The van der Waals surface area contributed by atoms with E-state index in [1.165, 1.54) is 0 Å². The number of aromatic nitrogens is 2. The van der Waals surface area contributed by atoms with E-state index in [9.17, 15) is 4.79 Å². The van der Waals surface area contributed by atoms with Gasteiger partial charge < -0.3 is 9.47 Å². The van der Waals surface area contributed by atoms with Gasteiger partial charge in [-0.2, -0.15) is 0 Å². The second-order valence-electron chi connectivity index (χ2n) is 6.63. The summed E-state index contributed by atoms with van der Waals surface area (Å²) >= 11 is 12.2. The highest BCUT2D eigenvalue weighted by atomic mass is 35.5. The Morgan fingerprint density at radius 1 is 1.15 bits per heavy atom. The zero-order chi connectivity index (χ0) is 18.3. The first kappa shape index (κ1) is 17.4. The number of rotatable bonds is 4. The molecular formula is C20H19Cl2N3O. The largest absolute Gasteiger partial charge is 0.342 e. The Hall–Kier alpha value is -2.04. The van der Waals surface area contributed by atoms with Crippen LogP contribution in [0.2, 0.25) is 10.0 Å². The first-order valence-electron chi connectivity index (χ1n) is 8.73. The lowest BCUT2D eigenvalue weighted by atomic mass is 10.1.